The number of nitrogens with zero attached hydrogens (tertiary/aromatic N) is 1. The lowest BCUT2D eigenvalue weighted by molar-refractivity contribution is -0.120. The molecule has 0 aliphatic rings. The van der Waals surface area contributed by atoms with Crippen molar-refractivity contribution < 1.29 is 4.79 Å². The molecule has 15 heavy (non-hydrogen) atoms. The van der Waals surface area contributed by atoms with Crippen molar-refractivity contribution in [3.8, 4) is 6.07 Å². The zero-order valence-electron chi connectivity index (χ0n) is 8.33. The number of halogens is 1. The zero-order valence-corrected chi connectivity index (χ0v) is 9.91. The largest absolute Gasteiger partial charge is 0.349 e. The number of rotatable bonds is 3. The van der Waals surface area contributed by atoms with Crippen LogP contribution in [0.1, 0.15) is 24.9 Å². The lowest BCUT2D eigenvalue weighted by atomic mass is 10.1. The van der Waals surface area contributed by atoms with Crippen LogP contribution in [0.5, 0.6) is 0 Å². The highest BCUT2D eigenvalue weighted by Crippen LogP contribution is 2.16. The van der Waals surface area contributed by atoms with Crippen LogP contribution in [0.3, 0.4) is 0 Å². The van der Waals surface area contributed by atoms with E-state index >= 15 is 0 Å². The summed E-state index contributed by atoms with van der Waals surface area (Å²) in [7, 11) is 0. The monoisotopic (exact) mass is 266 g/mol. The lowest BCUT2D eigenvalue weighted by Crippen LogP contribution is -2.25. The van der Waals surface area contributed by atoms with E-state index < -0.39 is 0 Å². The van der Waals surface area contributed by atoms with E-state index in [-0.39, 0.29) is 18.4 Å². The van der Waals surface area contributed by atoms with E-state index in [2.05, 4.69) is 21.2 Å². The first kappa shape index (κ1) is 11.7. The lowest BCUT2D eigenvalue weighted by Gasteiger charge is -2.13. The maximum absolute atomic E-state index is 11.2. The summed E-state index contributed by atoms with van der Waals surface area (Å²) in [5, 5.41) is 11.1. The molecule has 1 amide bonds. The zero-order chi connectivity index (χ0) is 11.3. The van der Waals surface area contributed by atoms with Gasteiger partial charge in [0.15, 0.2) is 0 Å². The molecule has 1 N–H and O–H groups in total. The first-order valence-electron chi connectivity index (χ1n) is 4.55. The van der Waals surface area contributed by atoms with Gasteiger partial charge in [0.1, 0.15) is 6.42 Å². The molecule has 0 aromatic heterocycles. The van der Waals surface area contributed by atoms with Crippen LogP contribution in [0.25, 0.3) is 0 Å². The number of amides is 1. The minimum atomic E-state index is -0.243. The van der Waals surface area contributed by atoms with Gasteiger partial charge in [-0.1, -0.05) is 28.1 Å². The maximum Gasteiger partial charge on any atom is 0.234 e. The van der Waals surface area contributed by atoms with E-state index in [4.69, 9.17) is 5.26 Å². The molecule has 0 spiro atoms. The third kappa shape index (κ3) is 3.72. The summed E-state index contributed by atoms with van der Waals surface area (Å²) in [6.45, 7) is 1.89. The van der Waals surface area contributed by atoms with Gasteiger partial charge in [-0.25, -0.2) is 0 Å². The number of hydrogen-bond acceptors (Lipinski definition) is 2. The van der Waals surface area contributed by atoms with E-state index in [0.717, 1.165) is 10.0 Å². The van der Waals surface area contributed by atoms with Gasteiger partial charge in [0.25, 0.3) is 0 Å². The molecule has 1 aromatic rings. The Morgan fingerprint density at radius 2 is 2.13 bits per heavy atom. The molecule has 0 radical (unpaired) electrons. The van der Waals surface area contributed by atoms with Crippen LogP contribution < -0.4 is 5.32 Å². The van der Waals surface area contributed by atoms with Crippen LogP contribution in [-0.2, 0) is 4.79 Å². The number of nitrogens with one attached hydrogen (secondary N) is 1. The van der Waals surface area contributed by atoms with Crippen molar-refractivity contribution in [3.63, 3.8) is 0 Å². The standard InChI is InChI=1S/C11H11BrN2O/c1-8(14-11(15)6-7-13)9-2-4-10(12)5-3-9/h2-5,8H,6H2,1H3,(H,14,15)/t8-/m1/s1. The van der Waals surface area contributed by atoms with Gasteiger partial charge < -0.3 is 5.32 Å². The molecule has 1 aromatic carbocycles. The van der Waals surface area contributed by atoms with Crippen LogP contribution in [0.2, 0.25) is 0 Å². The molecular weight excluding hydrogens is 256 g/mol. The van der Waals surface area contributed by atoms with Crippen molar-refractivity contribution in [3.05, 3.63) is 34.3 Å². The van der Waals surface area contributed by atoms with Crippen molar-refractivity contribution in [2.24, 2.45) is 0 Å². The highest BCUT2D eigenvalue weighted by Gasteiger charge is 2.08. The molecule has 0 heterocycles. The molecule has 1 rings (SSSR count). The number of carbonyl (C=O) groups is 1. The molecule has 0 saturated heterocycles. The quantitative estimate of drug-likeness (QED) is 0.914. The Morgan fingerprint density at radius 3 is 2.67 bits per heavy atom. The second kappa shape index (κ2) is 5.52. The summed E-state index contributed by atoms with van der Waals surface area (Å²) in [6, 6.07) is 9.45. The van der Waals surface area contributed by atoms with E-state index in [0.29, 0.717) is 0 Å². The van der Waals surface area contributed by atoms with Gasteiger partial charge in [-0.15, -0.1) is 0 Å². The summed E-state index contributed by atoms with van der Waals surface area (Å²) in [6.07, 6.45) is -0.0964. The Balaban J connectivity index is 2.61. The molecule has 0 aliphatic carbocycles. The van der Waals surface area contributed by atoms with Crippen molar-refractivity contribution in [2.75, 3.05) is 0 Å². The average Bonchev–Trinajstić information content (AvgIpc) is 2.18. The van der Waals surface area contributed by atoms with Crippen molar-refractivity contribution in [1.82, 2.24) is 5.32 Å². The normalized spacial score (nSPS) is 11.5. The Morgan fingerprint density at radius 1 is 1.53 bits per heavy atom. The molecule has 78 valence electrons. The third-order valence-corrected chi connectivity index (χ3v) is 2.52. The Bertz CT molecular complexity index is 381. The van der Waals surface area contributed by atoms with E-state index in [1.807, 2.05) is 37.3 Å². The second-order valence-electron chi connectivity index (χ2n) is 3.18. The number of carbonyl (C=O) groups excluding carboxylic acids is 1. The minimum Gasteiger partial charge on any atom is -0.349 e. The van der Waals surface area contributed by atoms with Crippen LogP contribution in [-0.4, -0.2) is 5.91 Å². The fourth-order valence-electron chi connectivity index (χ4n) is 1.20. The minimum absolute atomic E-state index is 0.0704. The number of benzene rings is 1. The highest BCUT2D eigenvalue weighted by atomic mass is 79.9. The van der Waals surface area contributed by atoms with Crippen molar-refractivity contribution >= 4 is 21.8 Å². The molecule has 4 heteroatoms. The Hall–Kier alpha value is -1.34. The molecule has 3 nitrogen and oxygen atoms in total. The summed E-state index contributed by atoms with van der Waals surface area (Å²) in [4.78, 5) is 11.2. The number of hydrogen-bond donors (Lipinski definition) is 1. The second-order valence-corrected chi connectivity index (χ2v) is 4.09. The average molecular weight is 267 g/mol. The Kier molecular flexibility index (Phi) is 4.32. The van der Waals surface area contributed by atoms with E-state index in [1.165, 1.54) is 0 Å². The summed E-state index contributed by atoms with van der Waals surface area (Å²) in [5.41, 5.74) is 1.02. The van der Waals surface area contributed by atoms with Gasteiger partial charge in [-0.05, 0) is 24.6 Å². The highest BCUT2D eigenvalue weighted by molar-refractivity contribution is 9.10. The smallest absolute Gasteiger partial charge is 0.234 e. The fraction of sp³-hybridized carbons (Fsp3) is 0.273. The molecular formula is C11H11BrN2O. The molecule has 0 fully saturated rings. The van der Waals surface area contributed by atoms with Gasteiger partial charge in [0.05, 0.1) is 12.1 Å². The fourth-order valence-corrected chi connectivity index (χ4v) is 1.46. The predicted molar refractivity (Wildman–Crippen MR) is 60.9 cm³/mol. The van der Waals surface area contributed by atoms with Crippen molar-refractivity contribution in [1.29, 1.82) is 5.26 Å². The van der Waals surface area contributed by atoms with Gasteiger partial charge in [-0.3, -0.25) is 4.79 Å². The molecule has 0 aliphatic heterocycles. The third-order valence-electron chi connectivity index (χ3n) is 1.99. The maximum atomic E-state index is 11.2. The SMILES string of the molecule is C[C@@H](NC(=O)CC#N)c1ccc(Br)cc1. The van der Waals surface area contributed by atoms with Crippen LogP contribution in [0.4, 0.5) is 0 Å². The summed E-state index contributed by atoms with van der Waals surface area (Å²) in [5.74, 6) is -0.243. The van der Waals surface area contributed by atoms with Crippen LogP contribution >= 0.6 is 15.9 Å². The van der Waals surface area contributed by atoms with Crippen molar-refractivity contribution in [2.45, 2.75) is 19.4 Å². The van der Waals surface area contributed by atoms with Gasteiger partial charge in [0, 0.05) is 4.47 Å². The van der Waals surface area contributed by atoms with E-state index in [1.54, 1.807) is 0 Å². The molecule has 1 atom stereocenters. The van der Waals surface area contributed by atoms with Crippen LogP contribution in [0.15, 0.2) is 28.7 Å². The summed E-state index contributed by atoms with van der Waals surface area (Å²) >= 11 is 3.34. The number of nitriles is 1. The Labute approximate surface area is 97.2 Å². The molecule has 0 saturated carbocycles. The first-order chi connectivity index (χ1) is 7.13. The van der Waals surface area contributed by atoms with Gasteiger partial charge in [-0.2, -0.15) is 5.26 Å². The topological polar surface area (TPSA) is 52.9 Å². The summed E-state index contributed by atoms with van der Waals surface area (Å²) < 4.78 is 1.00. The first-order valence-corrected chi connectivity index (χ1v) is 5.34. The van der Waals surface area contributed by atoms with Gasteiger partial charge in [0.2, 0.25) is 5.91 Å². The predicted octanol–water partition coefficient (Wildman–Crippen LogP) is 2.54. The van der Waals surface area contributed by atoms with Crippen LogP contribution in [0, 0.1) is 11.3 Å². The van der Waals surface area contributed by atoms with Gasteiger partial charge >= 0.3 is 0 Å². The molecule has 0 unspecified atom stereocenters. The molecule has 0 bridgehead atoms. The van der Waals surface area contributed by atoms with E-state index in [9.17, 15) is 4.79 Å².